The van der Waals surface area contributed by atoms with E-state index in [1.165, 1.54) is 0 Å². The molecule has 0 atom stereocenters. The molecule has 2 N–H and O–H groups in total. The number of aryl methyl sites for hydroxylation is 1. The predicted molar refractivity (Wildman–Crippen MR) is 103 cm³/mol. The summed E-state index contributed by atoms with van der Waals surface area (Å²) in [5.41, 5.74) is 3.33. The Kier molecular flexibility index (Phi) is 5.37. The van der Waals surface area contributed by atoms with Crippen molar-refractivity contribution < 1.29 is 9.53 Å². The van der Waals surface area contributed by atoms with Crippen molar-refractivity contribution >= 4 is 16.8 Å². The third-order valence-corrected chi connectivity index (χ3v) is 4.34. The van der Waals surface area contributed by atoms with Crippen molar-refractivity contribution in [3.63, 3.8) is 0 Å². The summed E-state index contributed by atoms with van der Waals surface area (Å²) >= 11 is 0. The monoisotopic (exact) mass is 350 g/mol. The molecule has 1 aromatic heterocycles. The maximum atomic E-state index is 12.2. The van der Waals surface area contributed by atoms with Gasteiger partial charge in [0.2, 0.25) is 5.91 Å². The van der Waals surface area contributed by atoms with Crippen LogP contribution in [0.5, 0.6) is 5.75 Å². The highest BCUT2D eigenvalue weighted by Gasteiger charge is 2.09. The molecule has 0 saturated heterocycles. The van der Waals surface area contributed by atoms with Gasteiger partial charge in [0.15, 0.2) is 0 Å². The molecule has 0 spiro atoms. The average Bonchev–Trinajstić information content (AvgIpc) is 2.62. The van der Waals surface area contributed by atoms with E-state index in [1.807, 2.05) is 55.5 Å². The zero-order valence-corrected chi connectivity index (χ0v) is 15.0. The van der Waals surface area contributed by atoms with Crippen LogP contribution >= 0.6 is 0 Å². The number of H-pyrrole nitrogens is 1. The molecule has 0 bridgehead atoms. The lowest BCUT2D eigenvalue weighted by Gasteiger charge is -2.09. The number of nitrogens with one attached hydrogen (secondary N) is 2. The summed E-state index contributed by atoms with van der Waals surface area (Å²) in [5.74, 6) is 0.603. The number of aromatic nitrogens is 1. The number of carbonyl (C=O) groups is 1. The summed E-state index contributed by atoms with van der Waals surface area (Å²) in [6.07, 6.45) is 0.730. The number of para-hydroxylation sites is 1. The van der Waals surface area contributed by atoms with Gasteiger partial charge >= 0.3 is 0 Å². The summed E-state index contributed by atoms with van der Waals surface area (Å²) in [7, 11) is 1.59. The van der Waals surface area contributed by atoms with Crippen molar-refractivity contribution in [2.24, 2.45) is 0 Å². The van der Waals surface area contributed by atoms with Gasteiger partial charge in [-0.1, -0.05) is 30.3 Å². The van der Waals surface area contributed by atoms with E-state index in [2.05, 4.69) is 10.3 Å². The van der Waals surface area contributed by atoms with Gasteiger partial charge in [0.05, 0.1) is 13.5 Å². The van der Waals surface area contributed by atoms with E-state index in [1.54, 1.807) is 7.11 Å². The molecular formula is C21H22N2O3. The fourth-order valence-electron chi connectivity index (χ4n) is 2.97. The molecule has 1 heterocycles. The zero-order chi connectivity index (χ0) is 18.5. The summed E-state index contributed by atoms with van der Waals surface area (Å²) in [4.78, 5) is 27.3. The van der Waals surface area contributed by atoms with Gasteiger partial charge in [-0.15, -0.1) is 0 Å². The standard InChI is InChI=1S/C21H22N2O3/c1-14-7-8-15-12-17(21(25)23-18(15)11-14)9-10-22-20(24)13-16-5-3-4-6-19(16)26-2/h3-8,11-12H,9-10,13H2,1-2H3,(H,22,24)(H,23,25). The first-order valence-electron chi connectivity index (χ1n) is 8.58. The Hall–Kier alpha value is -3.08. The van der Waals surface area contributed by atoms with Crippen molar-refractivity contribution in [3.05, 3.63) is 75.6 Å². The Morgan fingerprint density at radius 3 is 2.73 bits per heavy atom. The summed E-state index contributed by atoms with van der Waals surface area (Å²) < 4.78 is 5.26. The van der Waals surface area contributed by atoms with Crippen molar-refractivity contribution in [2.45, 2.75) is 19.8 Å². The molecule has 26 heavy (non-hydrogen) atoms. The van der Waals surface area contributed by atoms with E-state index < -0.39 is 0 Å². The molecule has 0 radical (unpaired) electrons. The van der Waals surface area contributed by atoms with Crippen LogP contribution < -0.4 is 15.6 Å². The summed E-state index contributed by atoms with van der Waals surface area (Å²) in [5, 5.41) is 3.86. The van der Waals surface area contributed by atoms with Crippen LogP contribution in [0.4, 0.5) is 0 Å². The maximum Gasteiger partial charge on any atom is 0.251 e. The molecule has 3 rings (SSSR count). The maximum absolute atomic E-state index is 12.2. The van der Waals surface area contributed by atoms with Gasteiger partial charge in [-0.05, 0) is 42.5 Å². The number of hydrogen-bond acceptors (Lipinski definition) is 3. The molecule has 3 aromatic rings. The quantitative estimate of drug-likeness (QED) is 0.718. The number of benzene rings is 2. The number of hydrogen-bond donors (Lipinski definition) is 2. The van der Waals surface area contributed by atoms with E-state index in [-0.39, 0.29) is 17.9 Å². The zero-order valence-electron chi connectivity index (χ0n) is 15.0. The molecule has 0 aliphatic rings. The molecule has 134 valence electrons. The minimum Gasteiger partial charge on any atom is -0.496 e. The van der Waals surface area contributed by atoms with Gasteiger partial charge in [0.1, 0.15) is 5.75 Å². The fourth-order valence-corrected chi connectivity index (χ4v) is 2.97. The van der Waals surface area contributed by atoms with E-state index in [4.69, 9.17) is 4.74 Å². The second kappa shape index (κ2) is 7.87. The number of carbonyl (C=O) groups excluding carboxylic acids is 1. The normalized spacial score (nSPS) is 10.7. The lowest BCUT2D eigenvalue weighted by Crippen LogP contribution is -2.28. The second-order valence-corrected chi connectivity index (χ2v) is 6.30. The first-order valence-corrected chi connectivity index (χ1v) is 8.58. The van der Waals surface area contributed by atoms with Crippen LogP contribution in [0.25, 0.3) is 10.9 Å². The van der Waals surface area contributed by atoms with Gasteiger partial charge in [-0.2, -0.15) is 0 Å². The Morgan fingerprint density at radius 1 is 1.12 bits per heavy atom. The largest absolute Gasteiger partial charge is 0.496 e. The molecular weight excluding hydrogens is 328 g/mol. The smallest absolute Gasteiger partial charge is 0.251 e. The highest BCUT2D eigenvalue weighted by atomic mass is 16.5. The molecule has 5 heteroatoms. The number of rotatable bonds is 6. The van der Waals surface area contributed by atoms with E-state index in [0.29, 0.717) is 24.3 Å². The number of amides is 1. The van der Waals surface area contributed by atoms with Gasteiger partial charge in [-0.25, -0.2) is 0 Å². The van der Waals surface area contributed by atoms with Crippen LogP contribution in [0.1, 0.15) is 16.7 Å². The lowest BCUT2D eigenvalue weighted by molar-refractivity contribution is -0.120. The van der Waals surface area contributed by atoms with Crippen molar-refractivity contribution in [1.82, 2.24) is 10.3 Å². The highest BCUT2D eigenvalue weighted by molar-refractivity contribution is 5.80. The molecule has 0 saturated carbocycles. The Labute approximate surface area is 152 Å². The molecule has 0 fully saturated rings. The van der Waals surface area contributed by atoms with Crippen LogP contribution in [0.2, 0.25) is 0 Å². The third kappa shape index (κ3) is 4.11. The van der Waals surface area contributed by atoms with Crippen molar-refractivity contribution in [1.29, 1.82) is 0 Å². The molecule has 1 amide bonds. The Bertz CT molecular complexity index is 992. The minimum absolute atomic E-state index is 0.0951. The Morgan fingerprint density at radius 2 is 1.92 bits per heavy atom. The van der Waals surface area contributed by atoms with Crippen LogP contribution in [0.15, 0.2) is 53.3 Å². The second-order valence-electron chi connectivity index (χ2n) is 6.30. The van der Waals surface area contributed by atoms with Gasteiger partial charge in [0.25, 0.3) is 5.56 Å². The van der Waals surface area contributed by atoms with E-state index in [9.17, 15) is 9.59 Å². The van der Waals surface area contributed by atoms with Crippen molar-refractivity contribution in [2.75, 3.05) is 13.7 Å². The average molecular weight is 350 g/mol. The third-order valence-electron chi connectivity index (χ3n) is 4.34. The first-order chi connectivity index (χ1) is 12.6. The summed E-state index contributed by atoms with van der Waals surface area (Å²) in [6, 6.07) is 15.3. The first kappa shape index (κ1) is 17.7. The number of fused-ring (bicyclic) bond motifs is 1. The predicted octanol–water partition coefficient (Wildman–Crippen LogP) is 2.75. The van der Waals surface area contributed by atoms with E-state index >= 15 is 0 Å². The molecule has 0 aliphatic carbocycles. The minimum atomic E-state index is -0.109. The number of ether oxygens (including phenoxy) is 1. The molecule has 2 aromatic carbocycles. The van der Waals surface area contributed by atoms with E-state index in [0.717, 1.165) is 22.0 Å². The number of pyridine rings is 1. The SMILES string of the molecule is COc1ccccc1CC(=O)NCCc1cc2ccc(C)cc2[nH]c1=O. The van der Waals surface area contributed by atoms with Gasteiger partial charge in [0, 0.05) is 23.2 Å². The summed E-state index contributed by atoms with van der Waals surface area (Å²) in [6.45, 7) is 2.40. The van der Waals surface area contributed by atoms with Crippen LogP contribution in [-0.2, 0) is 17.6 Å². The topological polar surface area (TPSA) is 71.2 Å². The van der Waals surface area contributed by atoms with Crippen LogP contribution in [-0.4, -0.2) is 24.5 Å². The molecule has 5 nitrogen and oxygen atoms in total. The van der Waals surface area contributed by atoms with Crippen molar-refractivity contribution in [3.8, 4) is 5.75 Å². The number of aromatic amines is 1. The van der Waals surface area contributed by atoms with Crippen LogP contribution in [0.3, 0.4) is 0 Å². The highest BCUT2D eigenvalue weighted by Crippen LogP contribution is 2.17. The number of methoxy groups -OCH3 is 1. The fraction of sp³-hybridized carbons (Fsp3) is 0.238. The molecule has 0 aliphatic heterocycles. The van der Waals surface area contributed by atoms with Gasteiger partial charge < -0.3 is 15.0 Å². The van der Waals surface area contributed by atoms with Crippen LogP contribution in [0, 0.1) is 6.92 Å². The Balaban J connectivity index is 1.62. The lowest BCUT2D eigenvalue weighted by atomic mass is 10.1. The van der Waals surface area contributed by atoms with Gasteiger partial charge in [-0.3, -0.25) is 9.59 Å². The molecule has 0 unspecified atom stereocenters.